The summed E-state index contributed by atoms with van der Waals surface area (Å²) >= 11 is 0. The molecule has 0 saturated carbocycles. The van der Waals surface area contributed by atoms with Gasteiger partial charge >= 0.3 is 0 Å². The predicted molar refractivity (Wildman–Crippen MR) is 79.5 cm³/mol. The van der Waals surface area contributed by atoms with E-state index >= 15 is 0 Å². The molecule has 1 nitrogen and oxygen atoms in total. The van der Waals surface area contributed by atoms with Gasteiger partial charge in [-0.25, -0.2) is 0 Å². The zero-order valence-corrected chi connectivity index (χ0v) is 13.3. The Hall–Kier alpha value is -0.0400. The van der Waals surface area contributed by atoms with E-state index in [1.807, 2.05) is 0 Å². The van der Waals surface area contributed by atoms with E-state index in [0.717, 1.165) is 12.5 Å². The fraction of sp³-hybridized carbons (Fsp3) is 1.00. The molecule has 1 unspecified atom stereocenters. The van der Waals surface area contributed by atoms with Gasteiger partial charge in [0.1, 0.15) is 0 Å². The lowest BCUT2D eigenvalue weighted by Crippen LogP contribution is -2.42. The molecule has 17 heavy (non-hydrogen) atoms. The molecule has 0 aromatic rings. The topological polar surface area (TPSA) is 12.0 Å². The zero-order chi connectivity index (χ0) is 13.5. The summed E-state index contributed by atoms with van der Waals surface area (Å²) in [7, 11) is 0. The van der Waals surface area contributed by atoms with Crippen LogP contribution in [0.3, 0.4) is 0 Å². The van der Waals surface area contributed by atoms with Crippen molar-refractivity contribution in [3.8, 4) is 0 Å². The Balaban J connectivity index is 4.08. The Morgan fingerprint density at radius 3 is 1.88 bits per heavy atom. The van der Waals surface area contributed by atoms with Gasteiger partial charge in [-0.05, 0) is 45.1 Å². The summed E-state index contributed by atoms with van der Waals surface area (Å²) in [5.41, 5.74) is 0.664. The molecule has 0 amide bonds. The minimum absolute atomic E-state index is 0.243. The Labute approximate surface area is 110 Å². The van der Waals surface area contributed by atoms with Crippen molar-refractivity contribution in [2.45, 2.75) is 86.1 Å². The van der Waals surface area contributed by atoms with Crippen LogP contribution in [0, 0.1) is 11.3 Å². The first-order valence-electron chi connectivity index (χ1n) is 7.42. The third kappa shape index (κ3) is 9.64. The molecule has 0 saturated heterocycles. The third-order valence-corrected chi connectivity index (χ3v) is 3.51. The highest BCUT2D eigenvalue weighted by molar-refractivity contribution is 4.80. The fourth-order valence-electron chi connectivity index (χ4n) is 2.09. The van der Waals surface area contributed by atoms with Crippen LogP contribution in [0.15, 0.2) is 0 Å². The van der Waals surface area contributed by atoms with Gasteiger partial charge < -0.3 is 5.32 Å². The van der Waals surface area contributed by atoms with E-state index in [1.54, 1.807) is 0 Å². The van der Waals surface area contributed by atoms with E-state index in [1.165, 1.54) is 32.1 Å². The maximum absolute atomic E-state index is 3.67. The zero-order valence-electron chi connectivity index (χ0n) is 13.3. The van der Waals surface area contributed by atoms with Gasteiger partial charge in [0.25, 0.3) is 0 Å². The fourth-order valence-corrected chi connectivity index (χ4v) is 2.09. The molecule has 0 aliphatic heterocycles. The Morgan fingerprint density at radius 1 is 0.882 bits per heavy atom. The molecule has 0 spiro atoms. The average Bonchev–Trinajstić information content (AvgIpc) is 2.13. The molecule has 0 aliphatic rings. The molecule has 0 fully saturated rings. The van der Waals surface area contributed by atoms with Crippen LogP contribution in [-0.4, -0.2) is 12.1 Å². The number of unbranched alkanes of at least 4 members (excludes halogenated alkanes) is 3. The van der Waals surface area contributed by atoms with Gasteiger partial charge in [0.2, 0.25) is 0 Å². The van der Waals surface area contributed by atoms with Crippen LogP contribution in [0.5, 0.6) is 0 Å². The van der Waals surface area contributed by atoms with Gasteiger partial charge in [-0.15, -0.1) is 0 Å². The van der Waals surface area contributed by atoms with Gasteiger partial charge in [-0.2, -0.15) is 0 Å². The quantitative estimate of drug-likeness (QED) is 0.618. The van der Waals surface area contributed by atoms with Crippen molar-refractivity contribution in [1.82, 2.24) is 5.32 Å². The molecule has 0 aromatic carbocycles. The van der Waals surface area contributed by atoms with Gasteiger partial charge in [-0.1, -0.05) is 53.4 Å². The Bertz CT molecular complexity index is 183. The van der Waals surface area contributed by atoms with Crippen LogP contribution in [0.25, 0.3) is 0 Å². The van der Waals surface area contributed by atoms with E-state index in [2.05, 4.69) is 53.8 Å². The Morgan fingerprint density at radius 2 is 1.47 bits per heavy atom. The van der Waals surface area contributed by atoms with Crippen LogP contribution in [0.4, 0.5) is 0 Å². The lowest BCUT2D eigenvalue weighted by molar-refractivity contribution is 0.198. The van der Waals surface area contributed by atoms with Crippen LogP contribution in [-0.2, 0) is 0 Å². The van der Waals surface area contributed by atoms with E-state index in [4.69, 9.17) is 0 Å². The molecule has 0 radical (unpaired) electrons. The van der Waals surface area contributed by atoms with E-state index in [9.17, 15) is 0 Å². The summed E-state index contributed by atoms with van der Waals surface area (Å²) in [6.07, 6.45) is 6.89. The normalized spacial score (nSPS) is 15.0. The van der Waals surface area contributed by atoms with Gasteiger partial charge in [0, 0.05) is 5.54 Å². The minimum Gasteiger partial charge on any atom is -0.312 e. The second kappa shape index (κ2) is 7.41. The standard InChI is InChI=1S/C16H35N/c1-8-9-10-11-12-14(15(2,3)4)13-17-16(5,6)7/h14,17H,8-13H2,1-7H3. The molecular formula is C16H35N. The minimum atomic E-state index is 0.243. The molecule has 1 heteroatoms. The van der Waals surface area contributed by atoms with Gasteiger partial charge in [0.05, 0.1) is 0 Å². The summed E-state index contributed by atoms with van der Waals surface area (Å²) in [5.74, 6) is 0.790. The first kappa shape index (κ1) is 17.0. The summed E-state index contributed by atoms with van der Waals surface area (Å²) in [4.78, 5) is 0. The highest BCUT2D eigenvalue weighted by atomic mass is 14.9. The maximum atomic E-state index is 3.67. The first-order chi connectivity index (χ1) is 7.67. The first-order valence-corrected chi connectivity index (χ1v) is 7.42. The highest BCUT2D eigenvalue weighted by Crippen LogP contribution is 2.30. The second-order valence-electron chi connectivity index (χ2n) is 7.54. The van der Waals surface area contributed by atoms with Crippen molar-refractivity contribution in [2.24, 2.45) is 11.3 Å². The molecule has 1 N–H and O–H groups in total. The smallest absolute Gasteiger partial charge is 0.00966 e. The van der Waals surface area contributed by atoms with Crippen molar-refractivity contribution in [3.63, 3.8) is 0 Å². The molecule has 0 aromatic heterocycles. The average molecular weight is 241 g/mol. The van der Waals surface area contributed by atoms with Crippen LogP contribution in [0.1, 0.15) is 80.6 Å². The maximum Gasteiger partial charge on any atom is 0.00966 e. The summed E-state index contributed by atoms with van der Waals surface area (Å²) in [6, 6.07) is 0. The van der Waals surface area contributed by atoms with Crippen LogP contribution >= 0.6 is 0 Å². The van der Waals surface area contributed by atoms with E-state index in [-0.39, 0.29) is 5.54 Å². The van der Waals surface area contributed by atoms with Crippen LogP contribution < -0.4 is 5.32 Å². The lowest BCUT2D eigenvalue weighted by Gasteiger charge is -2.34. The third-order valence-electron chi connectivity index (χ3n) is 3.51. The molecule has 1 atom stereocenters. The summed E-state index contributed by atoms with van der Waals surface area (Å²) in [5, 5.41) is 3.67. The van der Waals surface area contributed by atoms with E-state index in [0.29, 0.717) is 5.41 Å². The predicted octanol–water partition coefficient (Wildman–Crippen LogP) is 5.01. The number of nitrogens with one attached hydrogen (secondary N) is 1. The molecule has 0 bridgehead atoms. The van der Waals surface area contributed by atoms with Crippen molar-refractivity contribution >= 4 is 0 Å². The Kier molecular flexibility index (Phi) is 7.39. The highest BCUT2D eigenvalue weighted by Gasteiger charge is 2.25. The van der Waals surface area contributed by atoms with Gasteiger partial charge in [-0.3, -0.25) is 0 Å². The summed E-state index contributed by atoms with van der Waals surface area (Å²) in [6.45, 7) is 17.3. The molecule has 0 aliphatic carbocycles. The van der Waals surface area contributed by atoms with Crippen molar-refractivity contribution in [1.29, 1.82) is 0 Å². The number of hydrogen-bond acceptors (Lipinski definition) is 1. The van der Waals surface area contributed by atoms with Crippen LogP contribution in [0.2, 0.25) is 0 Å². The largest absolute Gasteiger partial charge is 0.312 e. The number of hydrogen-bond donors (Lipinski definition) is 1. The monoisotopic (exact) mass is 241 g/mol. The molecule has 0 rings (SSSR count). The SMILES string of the molecule is CCCCCCC(CNC(C)(C)C)C(C)(C)C. The van der Waals surface area contributed by atoms with Gasteiger partial charge in [0.15, 0.2) is 0 Å². The molecule has 0 heterocycles. The second-order valence-corrected chi connectivity index (χ2v) is 7.54. The molecular weight excluding hydrogens is 206 g/mol. The van der Waals surface area contributed by atoms with Crippen molar-refractivity contribution in [2.75, 3.05) is 6.54 Å². The summed E-state index contributed by atoms with van der Waals surface area (Å²) < 4.78 is 0. The van der Waals surface area contributed by atoms with E-state index < -0.39 is 0 Å². The molecule has 104 valence electrons. The van der Waals surface area contributed by atoms with Crippen molar-refractivity contribution < 1.29 is 0 Å². The van der Waals surface area contributed by atoms with Crippen molar-refractivity contribution in [3.05, 3.63) is 0 Å². The number of rotatable bonds is 7. The lowest BCUT2D eigenvalue weighted by atomic mass is 9.77.